The van der Waals surface area contributed by atoms with Gasteiger partial charge in [0.1, 0.15) is 5.78 Å². The third-order valence-electron chi connectivity index (χ3n) is 2.53. The Morgan fingerprint density at radius 2 is 2.21 bits per heavy atom. The third-order valence-corrected chi connectivity index (χ3v) is 4.67. The number of nitrogens with one attached hydrogen (secondary N) is 1. The minimum atomic E-state index is -0.0835. The Hall–Kier alpha value is -1.40. The van der Waals surface area contributed by atoms with Gasteiger partial charge in [-0.25, -0.2) is 0 Å². The average molecular weight is 293 g/mol. The fourth-order valence-electron chi connectivity index (χ4n) is 1.39. The standard InChI is InChI=1S/C13H15N3OS2/c1-8-5-4-6-11(7-8)14-12-15-16-13(19-12)18-10(3)9(2)17/h4-7,10H,1-3H3,(H,14,15). The van der Waals surface area contributed by atoms with Gasteiger partial charge in [-0.15, -0.1) is 10.2 Å². The lowest BCUT2D eigenvalue weighted by Crippen LogP contribution is -2.07. The zero-order chi connectivity index (χ0) is 13.8. The van der Waals surface area contributed by atoms with Crippen LogP contribution in [0.2, 0.25) is 0 Å². The molecule has 0 bridgehead atoms. The summed E-state index contributed by atoms with van der Waals surface area (Å²) in [5, 5.41) is 12.0. The number of Topliss-reactive ketones (excluding diaryl/α,β-unsaturated/α-hetero) is 1. The molecular weight excluding hydrogens is 278 g/mol. The van der Waals surface area contributed by atoms with Gasteiger partial charge in [-0.3, -0.25) is 4.79 Å². The molecule has 0 fully saturated rings. The molecule has 100 valence electrons. The van der Waals surface area contributed by atoms with E-state index in [1.165, 1.54) is 28.7 Å². The highest BCUT2D eigenvalue weighted by molar-refractivity contribution is 8.02. The molecule has 1 heterocycles. The molecule has 0 aliphatic carbocycles. The lowest BCUT2D eigenvalue weighted by Gasteiger charge is -2.03. The number of thioether (sulfide) groups is 1. The molecule has 0 saturated heterocycles. The fraction of sp³-hybridized carbons (Fsp3) is 0.308. The molecule has 0 amide bonds. The molecule has 1 atom stereocenters. The van der Waals surface area contributed by atoms with Gasteiger partial charge in [0.25, 0.3) is 0 Å². The molecule has 2 rings (SSSR count). The normalized spacial score (nSPS) is 12.2. The van der Waals surface area contributed by atoms with Crippen molar-refractivity contribution in [3.8, 4) is 0 Å². The number of anilines is 2. The van der Waals surface area contributed by atoms with Gasteiger partial charge in [0, 0.05) is 5.69 Å². The predicted molar refractivity (Wildman–Crippen MR) is 80.4 cm³/mol. The van der Waals surface area contributed by atoms with Gasteiger partial charge < -0.3 is 5.32 Å². The van der Waals surface area contributed by atoms with Crippen molar-refractivity contribution in [3.63, 3.8) is 0 Å². The second-order valence-electron chi connectivity index (χ2n) is 4.24. The number of benzene rings is 1. The van der Waals surface area contributed by atoms with Gasteiger partial charge in [0.2, 0.25) is 5.13 Å². The van der Waals surface area contributed by atoms with E-state index in [1.807, 2.05) is 38.1 Å². The quantitative estimate of drug-likeness (QED) is 0.853. The van der Waals surface area contributed by atoms with Crippen molar-refractivity contribution in [1.82, 2.24) is 10.2 Å². The summed E-state index contributed by atoms with van der Waals surface area (Å²) in [6.07, 6.45) is 0. The Morgan fingerprint density at radius 3 is 2.89 bits per heavy atom. The Bertz CT molecular complexity index is 583. The Morgan fingerprint density at radius 1 is 1.42 bits per heavy atom. The van der Waals surface area contributed by atoms with Gasteiger partial charge in [-0.1, -0.05) is 35.2 Å². The summed E-state index contributed by atoms with van der Waals surface area (Å²) in [4.78, 5) is 11.2. The molecule has 0 saturated carbocycles. The maximum Gasteiger partial charge on any atom is 0.210 e. The van der Waals surface area contributed by atoms with E-state index in [0.29, 0.717) is 0 Å². The first kappa shape index (κ1) is 14.0. The highest BCUT2D eigenvalue weighted by Gasteiger charge is 2.13. The number of nitrogens with zero attached hydrogens (tertiary/aromatic N) is 2. The van der Waals surface area contributed by atoms with Gasteiger partial charge in [-0.2, -0.15) is 0 Å². The van der Waals surface area contributed by atoms with E-state index in [9.17, 15) is 4.79 Å². The lowest BCUT2D eigenvalue weighted by molar-refractivity contribution is -0.116. The van der Waals surface area contributed by atoms with E-state index >= 15 is 0 Å². The Balaban J connectivity index is 2.03. The SMILES string of the molecule is CC(=O)C(C)Sc1nnc(Nc2cccc(C)c2)s1. The first-order valence-corrected chi connectivity index (χ1v) is 7.58. The van der Waals surface area contributed by atoms with Crippen LogP contribution in [0.3, 0.4) is 0 Å². The monoisotopic (exact) mass is 293 g/mol. The molecule has 0 radical (unpaired) electrons. The van der Waals surface area contributed by atoms with Crippen LogP contribution in [0.4, 0.5) is 10.8 Å². The van der Waals surface area contributed by atoms with Crippen LogP contribution in [-0.4, -0.2) is 21.2 Å². The smallest absolute Gasteiger partial charge is 0.210 e. The number of aromatic nitrogens is 2. The van der Waals surface area contributed by atoms with Gasteiger partial charge in [-0.05, 0) is 38.5 Å². The van der Waals surface area contributed by atoms with E-state index in [2.05, 4.69) is 15.5 Å². The molecule has 6 heteroatoms. The number of rotatable bonds is 5. The average Bonchev–Trinajstić information content (AvgIpc) is 2.76. The van der Waals surface area contributed by atoms with Crippen LogP contribution in [0.15, 0.2) is 28.6 Å². The first-order valence-electron chi connectivity index (χ1n) is 5.89. The maximum atomic E-state index is 11.2. The summed E-state index contributed by atoms with van der Waals surface area (Å²) in [6.45, 7) is 5.51. The third kappa shape index (κ3) is 4.04. The molecule has 0 aliphatic heterocycles. The largest absolute Gasteiger partial charge is 0.330 e. The number of aryl methyl sites for hydroxylation is 1. The topological polar surface area (TPSA) is 54.9 Å². The van der Waals surface area contributed by atoms with Crippen molar-refractivity contribution in [2.75, 3.05) is 5.32 Å². The first-order chi connectivity index (χ1) is 9.04. The molecule has 1 aromatic carbocycles. The van der Waals surface area contributed by atoms with Crippen LogP contribution in [-0.2, 0) is 4.79 Å². The number of carbonyl (C=O) groups excluding carboxylic acids is 1. The molecule has 1 aromatic heterocycles. The molecule has 0 spiro atoms. The molecule has 4 nitrogen and oxygen atoms in total. The van der Waals surface area contributed by atoms with Crippen LogP contribution < -0.4 is 5.32 Å². The summed E-state index contributed by atoms with van der Waals surface area (Å²) in [7, 11) is 0. The van der Waals surface area contributed by atoms with E-state index in [4.69, 9.17) is 0 Å². The number of ketones is 1. The van der Waals surface area contributed by atoms with Crippen molar-refractivity contribution >= 4 is 39.7 Å². The fourth-order valence-corrected chi connectivity index (χ4v) is 3.30. The second kappa shape index (κ2) is 6.16. The van der Waals surface area contributed by atoms with E-state index in [0.717, 1.165) is 15.2 Å². The summed E-state index contributed by atoms with van der Waals surface area (Å²) in [6, 6.07) is 8.07. The highest BCUT2D eigenvalue weighted by atomic mass is 32.2. The number of carbonyl (C=O) groups is 1. The minimum absolute atomic E-state index is 0.0835. The molecular formula is C13H15N3OS2. The van der Waals surface area contributed by atoms with Crippen molar-refractivity contribution < 1.29 is 4.79 Å². The van der Waals surface area contributed by atoms with Crippen molar-refractivity contribution in [2.24, 2.45) is 0 Å². The molecule has 0 aliphatic rings. The summed E-state index contributed by atoms with van der Waals surface area (Å²) < 4.78 is 0.804. The van der Waals surface area contributed by atoms with Gasteiger partial charge in [0.05, 0.1) is 5.25 Å². The molecule has 19 heavy (non-hydrogen) atoms. The van der Waals surface area contributed by atoms with Crippen molar-refractivity contribution in [2.45, 2.75) is 30.4 Å². The van der Waals surface area contributed by atoms with Crippen molar-refractivity contribution in [1.29, 1.82) is 0 Å². The second-order valence-corrected chi connectivity index (χ2v) is 6.80. The highest BCUT2D eigenvalue weighted by Crippen LogP contribution is 2.30. The Labute approximate surface area is 120 Å². The number of hydrogen-bond donors (Lipinski definition) is 1. The van der Waals surface area contributed by atoms with Gasteiger partial charge in [0.15, 0.2) is 4.34 Å². The Kier molecular flexibility index (Phi) is 4.55. The van der Waals surface area contributed by atoms with Gasteiger partial charge >= 0.3 is 0 Å². The minimum Gasteiger partial charge on any atom is -0.330 e. The maximum absolute atomic E-state index is 11.2. The van der Waals surface area contributed by atoms with Crippen molar-refractivity contribution in [3.05, 3.63) is 29.8 Å². The number of hydrogen-bond acceptors (Lipinski definition) is 6. The van der Waals surface area contributed by atoms with E-state index in [1.54, 1.807) is 6.92 Å². The van der Waals surface area contributed by atoms with Crippen LogP contribution in [0.1, 0.15) is 19.4 Å². The lowest BCUT2D eigenvalue weighted by atomic mass is 10.2. The summed E-state index contributed by atoms with van der Waals surface area (Å²) in [5.74, 6) is 0.147. The van der Waals surface area contributed by atoms with Crippen LogP contribution in [0.5, 0.6) is 0 Å². The molecule has 1 unspecified atom stereocenters. The van der Waals surface area contributed by atoms with E-state index < -0.39 is 0 Å². The molecule has 1 N–H and O–H groups in total. The van der Waals surface area contributed by atoms with E-state index in [-0.39, 0.29) is 11.0 Å². The van der Waals surface area contributed by atoms with Crippen LogP contribution in [0.25, 0.3) is 0 Å². The zero-order valence-electron chi connectivity index (χ0n) is 11.0. The van der Waals surface area contributed by atoms with Crippen LogP contribution >= 0.6 is 23.1 Å². The summed E-state index contributed by atoms with van der Waals surface area (Å²) in [5.41, 5.74) is 2.18. The zero-order valence-corrected chi connectivity index (χ0v) is 12.6. The molecule has 2 aromatic rings. The predicted octanol–water partition coefficient (Wildman–Crippen LogP) is 3.66. The van der Waals surface area contributed by atoms with Crippen LogP contribution in [0, 0.1) is 6.92 Å². The summed E-state index contributed by atoms with van der Waals surface area (Å²) >= 11 is 2.90.